The number of likely N-dealkylation sites (N-methyl/N-ethyl adjacent to an activating group) is 1. The van der Waals surface area contributed by atoms with E-state index in [-0.39, 0.29) is 18.4 Å². The highest BCUT2D eigenvalue weighted by Gasteiger charge is 1.98. The zero-order valence-electron chi connectivity index (χ0n) is 10.2. The van der Waals surface area contributed by atoms with Crippen LogP contribution in [0.25, 0.3) is 0 Å². The third-order valence-corrected chi connectivity index (χ3v) is 2.06. The number of benzene rings is 1. The van der Waals surface area contributed by atoms with Crippen LogP contribution in [0, 0.1) is 6.92 Å². The Morgan fingerprint density at radius 2 is 2.24 bits per heavy atom. The first-order valence-corrected chi connectivity index (χ1v) is 5.52. The van der Waals surface area contributed by atoms with Crippen LogP contribution >= 0.6 is 0 Å². The van der Waals surface area contributed by atoms with Crippen molar-refractivity contribution < 1.29 is 4.79 Å². The molecule has 0 atom stereocenters. The number of rotatable bonds is 4. The number of carbonyl (C=O) groups is 1. The summed E-state index contributed by atoms with van der Waals surface area (Å²) in [6, 6.07) is 7.76. The smallest absolute Gasteiger partial charge is 0.241 e. The molecule has 0 aromatic heterocycles. The third-order valence-electron chi connectivity index (χ3n) is 2.06. The molecule has 0 spiro atoms. The lowest BCUT2D eigenvalue weighted by molar-refractivity contribution is -0.119. The van der Waals surface area contributed by atoms with Gasteiger partial charge in [0.1, 0.15) is 6.54 Å². The number of nitrogens with one attached hydrogen (secondary N) is 2. The summed E-state index contributed by atoms with van der Waals surface area (Å²) in [6.07, 6.45) is 0. The number of aryl methyl sites for hydroxylation is 1. The molecule has 0 saturated carbocycles. The topological polar surface area (TPSA) is 79.5 Å². The fraction of sp³-hybridized carbons (Fsp3) is 0.333. The highest BCUT2D eigenvalue weighted by molar-refractivity contribution is 5.93. The minimum absolute atomic E-state index is 0.0402. The predicted octanol–water partition coefficient (Wildman–Crippen LogP) is 0.858. The van der Waals surface area contributed by atoms with E-state index >= 15 is 0 Å². The lowest BCUT2D eigenvalue weighted by Crippen LogP contribution is -2.28. The molecule has 0 saturated heterocycles. The van der Waals surface area contributed by atoms with E-state index in [0.29, 0.717) is 6.54 Å². The molecule has 1 aromatic rings. The second-order valence-electron chi connectivity index (χ2n) is 3.65. The standard InChI is InChI=1S/C12H18N4O/c1-3-14-11(17)8-15-12(13)16-10-6-4-5-9(2)7-10/h4-7H,3,8H2,1-2H3,(H,14,17)(H3,13,15,16). The number of guanidine groups is 1. The van der Waals surface area contributed by atoms with Gasteiger partial charge in [-0.15, -0.1) is 0 Å². The first kappa shape index (κ1) is 13.0. The molecule has 92 valence electrons. The maximum absolute atomic E-state index is 11.2. The van der Waals surface area contributed by atoms with E-state index in [2.05, 4.69) is 15.6 Å². The maximum atomic E-state index is 11.2. The molecule has 0 unspecified atom stereocenters. The van der Waals surface area contributed by atoms with Crippen LogP contribution < -0.4 is 16.4 Å². The number of anilines is 1. The van der Waals surface area contributed by atoms with E-state index in [1.807, 2.05) is 38.1 Å². The zero-order chi connectivity index (χ0) is 12.7. The Morgan fingerprint density at radius 1 is 1.47 bits per heavy atom. The van der Waals surface area contributed by atoms with Gasteiger partial charge in [0.05, 0.1) is 0 Å². The summed E-state index contributed by atoms with van der Waals surface area (Å²) in [5.41, 5.74) is 7.65. The zero-order valence-corrected chi connectivity index (χ0v) is 10.2. The summed E-state index contributed by atoms with van der Waals surface area (Å²) in [7, 11) is 0. The van der Waals surface area contributed by atoms with Crippen molar-refractivity contribution in [2.45, 2.75) is 13.8 Å². The Hall–Kier alpha value is -2.04. The summed E-state index contributed by atoms with van der Waals surface area (Å²) < 4.78 is 0. The number of nitrogens with two attached hydrogens (primary N) is 1. The van der Waals surface area contributed by atoms with E-state index in [1.165, 1.54) is 0 Å². The number of aliphatic imine (C=N–C) groups is 1. The largest absolute Gasteiger partial charge is 0.370 e. The molecule has 0 fully saturated rings. The normalized spacial score (nSPS) is 11.1. The first-order valence-electron chi connectivity index (χ1n) is 5.52. The van der Waals surface area contributed by atoms with Gasteiger partial charge in [-0.3, -0.25) is 4.79 Å². The van der Waals surface area contributed by atoms with Crippen LogP contribution in [0.3, 0.4) is 0 Å². The minimum Gasteiger partial charge on any atom is -0.370 e. The van der Waals surface area contributed by atoms with Crippen LogP contribution in [-0.2, 0) is 4.79 Å². The molecule has 0 bridgehead atoms. The fourth-order valence-corrected chi connectivity index (χ4v) is 1.32. The molecule has 5 nitrogen and oxygen atoms in total. The summed E-state index contributed by atoms with van der Waals surface area (Å²) in [4.78, 5) is 15.1. The Balaban J connectivity index is 2.51. The molecule has 1 rings (SSSR count). The van der Waals surface area contributed by atoms with E-state index in [0.717, 1.165) is 11.3 Å². The summed E-state index contributed by atoms with van der Waals surface area (Å²) >= 11 is 0. The van der Waals surface area contributed by atoms with E-state index in [1.54, 1.807) is 0 Å². The molecule has 0 radical (unpaired) electrons. The molecule has 1 amide bonds. The summed E-state index contributed by atoms with van der Waals surface area (Å²) in [5.74, 6) is 0.100. The Bertz CT molecular complexity index is 415. The molecule has 17 heavy (non-hydrogen) atoms. The van der Waals surface area contributed by atoms with Crippen molar-refractivity contribution in [1.29, 1.82) is 0 Å². The second-order valence-corrected chi connectivity index (χ2v) is 3.65. The SMILES string of the molecule is CCNC(=O)CN=C(N)Nc1cccc(C)c1. The van der Waals surface area contributed by atoms with Crippen LogP contribution in [0.5, 0.6) is 0 Å². The van der Waals surface area contributed by atoms with Gasteiger partial charge in [0, 0.05) is 12.2 Å². The van der Waals surface area contributed by atoms with Gasteiger partial charge < -0.3 is 16.4 Å². The Kier molecular flexibility index (Phi) is 5.00. The van der Waals surface area contributed by atoms with Gasteiger partial charge in [0.15, 0.2) is 5.96 Å². The van der Waals surface area contributed by atoms with Crippen LogP contribution in [0.2, 0.25) is 0 Å². The van der Waals surface area contributed by atoms with Gasteiger partial charge in [-0.05, 0) is 31.5 Å². The average Bonchev–Trinajstić information content (AvgIpc) is 2.27. The third kappa shape index (κ3) is 5.01. The highest BCUT2D eigenvalue weighted by Crippen LogP contribution is 2.08. The summed E-state index contributed by atoms with van der Waals surface area (Å²) in [6.45, 7) is 4.49. The van der Waals surface area contributed by atoms with E-state index < -0.39 is 0 Å². The molecule has 0 aliphatic rings. The maximum Gasteiger partial charge on any atom is 0.241 e. The van der Waals surface area contributed by atoms with Crippen molar-refractivity contribution in [3.05, 3.63) is 29.8 Å². The number of hydrogen-bond donors (Lipinski definition) is 3. The molecule has 4 N–H and O–H groups in total. The second kappa shape index (κ2) is 6.52. The molecule has 0 aliphatic carbocycles. The lowest BCUT2D eigenvalue weighted by atomic mass is 10.2. The quantitative estimate of drug-likeness (QED) is 0.534. The van der Waals surface area contributed by atoms with Gasteiger partial charge in [0.25, 0.3) is 0 Å². The van der Waals surface area contributed by atoms with Crippen molar-refractivity contribution in [3.63, 3.8) is 0 Å². The van der Waals surface area contributed by atoms with Gasteiger partial charge >= 0.3 is 0 Å². The van der Waals surface area contributed by atoms with Crippen LogP contribution in [-0.4, -0.2) is 25.0 Å². The van der Waals surface area contributed by atoms with E-state index in [4.69, 9.17) is 5.73 Å². The molecule has 0 heterocycles. The molecule has 0 aliphatic heterocycles. The van der Waals surface area contributed by atoms with Crippen molar-refractivity contribution in [1.82, 2.24) is 5.32 Å². The van der Waals surface area contributed by atoms with Crippen molar-refractivity contribution in [3.8, 4) is 0 Å². The Labute approximate surface area is 101 Å². The number of amides is 1. The number of carbonyl (C=O) groups excluding carboxylic acids is 1. The Morgan fingerprint density at radius 3 is 2.88 bits per heavy atom. The summed E-state index contributed by atoms with van der Waals surface area (Å²) in [5, 5.41) is 5.57. The van der Waals surface area contributed by atoms with Crippen molar-refractivity contribution >= 4 is 17.6 Å². The highest BCUT2D eigenvalue weighted by atomic mass is 16.1. The molecular weight excluding hydrogens is 216 g/mol. The molecular formula is C12H18N4O. The molecule has 1 aromatic carbocycles. The predicted molar refractivity (Wildman–Crippen MR) is 70.0 cm³/mol. The fourth-order valence-electron chi connectivity index (χ4n) is 1.32. The van der Waals surface area contributed by atoms with E-state index in [9.17, 15) is 4.79 Å². The van der Waals surface area contributed by atoms with Crippen LogP contribution in [0.15, 0.2) is 29.3 Å². The van der Waals surface area contributed by atoms with Crippen LogP contribution in [0.1, 0.15) is 12.5 Å². The van der Waals surface area contributed by atoms with Crippen molar-refractivity contribution in [2.24, 2.45) is 10.7 Å². The van der Waals surface area contributed by atoms with Gasteiger partial charge in [0.2, 0.25) is 5.91 Å². The molecule has 5 heteroatoms. The average molecular weight is 234 g/mol. The minimum atomic E-state index is -0.138. The van der Waals surface area contributed by atoms with Crippen LogP contribution in [0.4, 0.5) is 5.69 Å². The number of hydrogen-bond acceptors (Lipinski definition) is 2. The number of nitrogens with zero attached hydrogens (tertiary/aromatic N) is 1. The first-order chi connectivity index (χ1) is 8.11. The monoisotopic (exact) mass is 234 g/mol. The van der Waals surface area contributed by atoms with Gasteiger partial charge in [-0.1, -0.05) is 12.1 Å². The van der Waals surface area contributed by atoms with Gasteiger partial charge in [-0.25, -0.2) is 4.99 Å². The van der Waals surface area contributed by atoms with Gasteiger partial charge in [-0.2, -0.15) is 0 Å². The van der Waals surface area contributed by atoms with Crippen molar-refractivity contribution in [2.75, 3.05) is 18.4 Å². The lowest BCUT2D eigenvalue weighted by Gasteiger charge is -2.06.